The first-order chi connectivity index (χ1) is 34.7. The molecular weight excluding hydrogens is 859 g/mol. The highest BCUT2D eigenvalue weighted by Crippen LogP contribution is 2.43. The molecule has 11 aromatic carbocycles. The molecule has 0 saturated heterocycles. The highest BCUT2D eigenvalue weighted by Gasteiger charge is 2.36. The summed E-state index contributed by atoms with van der Waals surface area (Å²) in [6, 6.07) is 108. The van der Waals surface area contributed by atoms with E-state index in [0.717, 1.165) is 44.9 Å². The summed E-state index contributed by atoms with van der Waals surface area (Å²) < 4.78 is 0. The van der Waals surface area contributed by atoms with Crippen LogP contribution in [0.2, 0.25) is 0 Å². The maximum absolute atomic E-state index is 2.53. The fourth-order valence-electron chi connectivity index (χ4n) is 9.82. The van der Waals surface area contributed by atoms with Crippen molar-refractivity contribution in [2.75, 3.05) is 4.90 Å². The minimum absolute atomic E-state index is 1.07. The SMILES string of the molecule is C(=C\[Si](c1ccccc1)(c1ccccc1)c1ccccc1)/c1ccc(-c2ccc(N(c3cc(-c4ccccc4)cc(-c4ccccc4)c3)c3cc(-c4ccccc4)cc(-c4ccccc4)c3)cc2)cc1. The van der Waals surface area contributed by atoms with Gasteiger partial charge in [0.2, 0.25) is 0 Å². The Morgan fingerprint density at radius 2 is 0.500 bits per heavy atom. The first-order valence-corrected chi connectivity index (χ1v) is 26.1. The van der Waals surface area contributed by atoms with Gasteiger partial charge >= 0.3 is 0 Å². The molecule has 0 atom stereocenters. The molecule has 0 aliphatic rings. The van der Waals surface area contributed by atoms with E-state index in [4.69, 9.17) is 0 Å². The molecule has 0 fully saturated rings. The molecule has 0 aliphatic heterocycles. The zero-order valence-corrected chi connectivity index (χ0v) is 39.9. The lowest BCUT2D eigenvalue weighted by molar-refractivity contribution is 1.28. The predicted molar refractivity (Wildman–Crippen MR) is 301 cm³/mol. The Hall–Kier alpha value is -8.82. The normalized spacial score (nSPS) is 11.4. The highest BCUT2D eigenvalue weighted by atomic mass is 28.3. The van der Waals surface area contributed by atoms with Gasteiger partial charge in [0, 0.05) is 17.1 Å². The fourth-order valence-corrected chi connectivity index (χ4v) is 14.0. The van der Waals surface area contributed by atoms with Gasteiger partial charge in [0.1, 0.15) is 0 Å². The van der Waals surface area contributed by atoms with Gasteiger partial charge in [-0.1, -0.05) is 260 Å². The number of anilines is 3. The molecule has 0 spiro atoms. The summed E-state index contributed by atoms with van der Waals surface area (Å²) in [4.78, 5) is 2.43. The number of hydrogen-bond acceptors (Lipinski definition) is 1. The number of hydrogen-bond donors (Lipinski definition) is 0. The van der Waals surface area contributed by atoms with Crippen molar-refractivity contribution in [2.24, 2.45) is 0 Å². The van der Waals surface area contributed by atoms with Gasteiger partial charge < -0.3 is 4.90 Å². The van der Waals surface area contributed by atoms with Crippen LogP contribution in [0.25, 0.3) is 61.7 Å². The zero-order chi connectivity index (χ0) is 47.0. The van der Waals surface area contributed by atoms with Crippen molar-refractivity contribution in [3.63, 3.8) is 0 Å². The van der Waals surface area contributed by atoms with Crippen LogP contribution in [0.1, 0.15) is 5.56 Å². The van der Waals surface area contributed by atoms with E-state index in [9.17, 15) is 0 Å². The van der Waals surface area contributed by atoms with Crippen LogP contribution in [-0.2, 0) is 0 Å². The molecule has 0 aliphatic carbocycles. The molecule has 2 heteroatoms. The second kappa shape index (κ2) is 20.2. The third kappa shape index (κ3) is 9.25. The summed E-state index contributed by atoms with van der Waals surface area (Å²) in [6.45, 7) is 0. The Labute approximate surface area is 413 Å². The largest absolute Gasteiger partial charge is 0.310 e. The van der Waals surface area contributed by atoms with Gasteiger partial charge in [0.25, 0.3) is 0 Å². The molecule has 0 unspecified atom stereocenters. The van der Waals surface area contributed by atoms with Crippen LogP contribution in [0.4, 0.5) is 17.1 Å². The van der Waals surface area contributed by atoms with E-state index in [0.29, 0.717) is 0 Å². The van der Waals surface area contributed by atoms with Crippen molar-refractivity contribution >= 4 is 46.8 Å². The van der Waals surface area contributed by atoms with Gasteiger partial charge in [-0.05, 0) is 125 Å². The molecule has 70 heavy (non-hydrogen) atoms. The molecule has 11 rings (SSSR count). The van der Waals surface area contributed by atoms with Gasteiger partial charge in [0.15, 0.2) is 8.07 Å². The number of rotatable bonds is 13. The maximum atomic E-state index is 2.51. The molecule has 0 heterocycles. The third-order valence-electron chi connectivity index (χ3n) is 13.4. The van der Waals surface area contributed by atoms with Crippen molar-refractivity contribution in [1.82, 2.24) is 0 Å². The van der Waals surface area contributed by atoms with Crippen LogP contribution in [-0.4, -0.2) is 8.07 Å². The molecule has 0 bridgehead atoms. The van der Waals surface area contributed by atoms with E-state index in [-0.39, 0.29) is 0 Å². The predicted octanol–water partition coefficient (Wildman–Crippen LogP) is 16.2. The Kier molecular flexibility index (Phi) is 12.6. The van der Waals surface area contributed by atoms with Gasteiger partial charge in [0.05, 0.1) is 0 Å². The van der Waals surface area contributed by atoms with Crippen molar-refractivity contribution in [2.45, 2.75) is 0 Å². The monoisotopic (exact) mass is 909 g/mol. The minimum Gasteiger partial charge on any atom is -0.310 e. The summed E-state index contributed by atoms with van der Waals surface area (Å²) in [7, 11) is -2.53. The van der Waals surface area contributed by atoms with Crippen LogP contribution >= 0.6 is 0 Å². The van der Waals surface area contributed by atoms with E-state index < -0.39 is 8.07 Å². The van der Waals surface area contributed by atoms with Crippen LogP contribution < -0.4 is 20.5 Å². The number of nitrogens with zero attached hydrogens (tertiary/aromatic N) is 1. The van der Waals surface area contributed by atoms with Gasteiger partial charge in [-0.25, -0.2) is 0 Å². The maximum Gasteiger partial charge on any atom is 0.172 e. The third-order valence-corrected chi connectivity index (χ3v) is 17.8. The van der Waals surface area contributed by atoms with Crippen molar-refractivity contribution in [3.05, 3.63) is 309 Å². The van der Waals surface area contributed by atoms with Crippen molar-refractivity contribution < 1.29 is 0 Å². The van der Waals surface area contributed by atoms with E-state index in [1.54, 1.807) is 0 Å². The summed E-state index contributed by atoms with van der Waals surface area (Å²) >= 11 is 0. The van der Waals surface area contributed by atoms with E-state index in [1.807, 2.05) is 0 Å². The quantitative estimate of drug-likeness (QED) is 0.0823. The van der Waals surface area contributed by atoms with Crippen LogP contribution in [0.3, 0.4) is 0 Å². The van der Waals surface area contributed by atoms with E-state index in [1.165, 1.54) is 48.9 Å². The zero-order valence-electron chi connectivity index (χ0n) is 38.9. The summed E-state index contributed by atoms with van der Waals surface area (Å²) in [5.74, 6) is 0. The molecule has 0 radical (unpaired) electrons. The summed E-state index contributed by atoms with van der Waals surface area (Å²) in [5, 5.41) is 4.08. The number of benzene rings is 11. The molecule has 0 saturated carbocycles. The molecule has 1 nitrogen and oxygen atoms in total. The van der Waals surface area contributed by atoms with E-state index >= 15 is 0 Å². The average molecular weight is 910 g/mol. The van der Waals surface area contributed by atoms with Crippen LogP contribution in [0.5, 0.6) is 0 Å². The second-order valence-electron chi connectivity index (χ2n) is 17.7. The lowest BCUT2D eigenvalue weighted by Crippen LogP contribution is -2.66. The lowest BCUT2D eigenvalue weighted by atomic mass is 9.95. The smallest absolute Gasteiger partial charge is 0.172 e. The topological polar surface area (TPSA) is 3.24 Å². The van der Waals surface area contributed by atoms with Gasteiger partial charge in [-0.2, -0.15) is 0 Å². The Morgan fingerprint density at radius 3 is 0.814 bits per heavy atom. The molecular formula is C68H51NSi. The first kappa shape index (κ1) is 43.7. The Bertz CT molecular complexity index is 3130. The highest BCUT2D eigenvalue weighted by molar-refractivity contribution is 7.15. The fraction of sp³-hybridized carbons (Fsp3) is 0. The van der Waals surface area contributed by atoms with Crippen LogP contribution in [0, 0.1) is 0 Å². The molecule has 332 valence electrons. The first-order valence-electron chi connectivity index (χ1n) is 24.1. The minimum atomic E-state index is -2.53. The van der Waals surface area contributed by atoms with Crippen LogP contribution in [0.15, 0.2) is 303 Å². The molecule has 11 aromatic rings. The summed E-state index contributed by atoms with van der Waals surface area (Å²) in [6.07, 6.45) is 2.34. The Morgan fingerprint density at radius 1 is 0.229 bits per heavy atom. The van der Waals surface area contributed by atoms with Crippen molar-refractivity contribution in [1.29, 1.82) is 0 Å². The molecule has 0 amide bonds. The van der Waals surface area contributed by atoms with Crippen molar-refractivity contribution in [3.8, 4) is 55.6 Å². The van der Waals surface area contributed by atoms with Gasteiger partial charge in [-0.15, -0.1) is 0 Å². The summed E-state index contributed by atoms with van der Waals surface area (Å²) in [5.41, 5.74) is 18.6. The van der Waals surface area contributed by atoms with Gasteiger partial charge in [-0.3, -0.25) is 0 Å². The Balaban J connectivity index is 1.01. The average Bonchev–Trinajstić information content (AvgIpc) is 3.45. The standard InChI is InChI=1S/C68H51NSi/c1-8-22-53(23-9-1)59-46-60(54-24-10-2-11-25-54)49-64(48-59)69(65-50-61(55-26-12-3-13-27-55)47-62(51-65)56-28-14-4-15-29-56)63-42-40-58(41-43-63)57-38-36-52(37-39-57)44-45-70(66-30-16-5-17-31-66,67-32-18-6-19-33-67)68-34-20-7-21-35-68/h1-51H/b45-44+. The lowest BCUT2D eigenvalue weighted by Gasteiger charge is -2.30. The molecule has 0 N–H and O–H groups in total. The second-order valence-corrected chi connectivity index (χ2v) is 21.4. The van der Waals surface area contributed by atoms with E-state index in [2.05, 4.69) is 314 Å². The molecule has 0 aromatic heterocycles.